The van der Waals surface area contributed by atoms with Gasteiger partial charge in [0.1, 0.15) is 0 Å². The third kappa shape index (κ3) is 1.48. The number of fused-ring (bicyclic) bond motifs is 2. The lowest BCUT2D eigenvalue weighted by molar-refractivity contribution is 0.528. The van der Waals surface area contributed by atoms with E-state index in [9.17, 15) is 4.79 Å². The second kappa shape index (κ2) is 3.80. The zero-order valence-electron chi connectivity index (χ0n) is 10.6. The Bertz CT molecular complexity index is 993. The molecule has 0 N–H and O–H groups in total. The fourth-order valence-electron chi connectivity index (χ4n) is 2.26. The van der Waals surface area contributed by atoms with E-state index in [-0.39, 0.29) is 5.76 Å². The number of rotatable bonds is 1. The summed E-state index contributed by atoms with van der Waals surface area (Å²) in [6.45, 7) is 0. The minimum atomic E-state index is -0.366. The van der Waals surface area contributed by atoms with Crippen LogP contribution in [0.25, 0.3) is 28.0 Å². The van der Waals surface area contributed by atoms with Gasteiger partial charge in [0.15, 0.2) is 11.2 Å². The molecular formula is C14H10N4O2. The number of hydrogen-bond donors (Lipinski definition) is 0. The molecule has 0 bridgehead atoms. The second-order valence-electron chi connectivity index (χ2n) is 4.56. The van der Waals surface area contributed by atoms with E-state index in [1.807, 2.05) is 24.3 Å². The largest absolute Gasteiger partial charge is 0.419 e. The zero-order chi connectivity index (χ0) is 13.7. The number of aryl methyl sites for hydroxylation is 1. The van der Waals surface area contributed by atoms with Crippen LogP contribution in [-0.4, -0.2) is 19.2 Å². The lowest BCUT2D eigenvalue weighted by atomic mass is 10.1. The molecule has 0 unspecified atom stereocenters. The first-order valence-electron chi connectivity index (χ1n) is 6.13. The highest BCUT2D eigenvalue weighted by atomic mass is 16.4. The summed E-state index contributed by atoms with van der Waals surface area (Å²) < 4.78 is 8.32. The van der Waals surface area contributed by atoms with Crippen LogP contribution in [0, 0.1) is 0 Å². The number of imidazole rings is 1. The maximum Gasteiger partial charge on any atom is 0.419 e. The van der Waals surface area contributed by atoms with Crippen molar-refractivity contribution < 1.29 is 4.42 Å². The van der Waals surface area contributed by atoms with Crippen LogP contribution in [0.4, 0.5) is 0 Å². The third-order valence-electron chi connectivity index (χ3n) is 3.34. The molecule has 0 saturated heterocycles. The van der Waals surface area contributed by atoms with Gasteiger partial charge in [0, 0.05) is 25.0 Å². The van der Waals surface area contributed by atoms with E-state index in [0.29, 0.717) is 5.58 Å². The van der Waals surface area contributed by atoms with Crippen LogP contribution in [0.2, 0.25) is 0 Å². The van der Waals surface area contributed by atoms with Gasteiger partial charge in [0.2, 0.25) is 0 Å². The molecule has 0 aliphatic heterocycles. The van der Waals surface area contributed by atoms with Crippen LogP contribution in [0.15, 0.2) is 51.9 Å². The average Bonchev–Trinajstić information content (AvgIpc) is 3.03. The summed E-state index contributed by atoms with van der Waals surface area (Å²) in [6.07, 6.45) is 3.50. The van der Waals surface area contributed by atoms with Crippen molar-refractivity contribution in [2.24, 2.45) is 7.05 Å². The Balaban J connectivity index is 1.96. The number of hydrogen-bond acceptors (Lipinski definition) is 4. The SMILES string of the molecule is Cn1c(=O)oc2ccc(-c3ccc4nccn4n3)cc21. The molecule has 0 aliphatic carbocycles. The Morgan fingerprint density at radius 3 is 3.00 bits per heavy atom. The second-order valence-corrected chi connectivity index (χ2v) is 4.56. The quantitative estimate of drug-likeness (QED) is 0.527. The molecule has 0 atom stereocenters. The van der Waals surface area contributed by atoms with Gasteiger partial charge in [-0.3, -0.25) is 4.57 Å². The average molecular weight is 266 g/mol. The molecule has 0 aliphatic rings. The summed E-state index contributed by atoms with van der Waals surface area (Å²) in [5, 5.41) is 4.48. The van der Waals surface area contributed by atoms with Crippen LogP contribution in [0.1, 0.15) is 0 Å². The zero-order valence-corrected chi connectivity index (χ0v) is 10.6. The minimum absolute atomic E-state index is 0.366. The first kappa shape index (κ1) is 11.0. The molecule has 6 nitrogen and oxygen atoms in total. The third-order valence-corrected chi connectivity index (χ3v) is 3.34. The molecule has 6 heteroatoms. The standard InChI is InChI=1S/C14H10N4O2/c1-17-11-8-9(2-4-12(11)20-14(17)19)10-3-5-13-15-6-7-18(13)16-10/h2-8H,1H3. The van der Waals surface area contributed by atoms with Gasteiger partial charge in [-0.25, -0.2) is 14.3 Å². The van der Waals surface area contributed by atoms with E-state index in [1.54, 1.807) is 30.0 Å². The molecule has 0 amide bonds. The van der Waals surface area contributed by atoms with E-state index in [0.717, 1.165) is 22.4 Å². The van der Waals surface area contributed by atoms with Crippen molar-refractivity contribution in [3.63, 3.8) is 0 Å². The predicted molar refractivity (Wildman–Crippen MR) is 73.4 cm³/mol. The highest BCUT2D eigenvalue weighted by molar-refractivity contribution is 5.79. The number of benzene rings is 1. The molecule has 0 spiro atoms. The van der Waals surface area contributed by atoms with E-state index in [2.05, 4.69) is 10.1 Å². The predicted octanol–water partition coefficient (Wildman–Crippen LogP) is 1.84. The van der Waals surface area contributed by atoms with Gasteiger partial charge in [-0.05, 0) is 30.3 Å². The molecule has 0 fully saturated rings. The summed E-state index contributed by atoms with van der Waals surface area (Å²) in [4.78, 5) is 15.7. The summed E-state index contributed by atoms with van der Waals surface area (Å²) in [5.74, 6) is -0.366. The molecule has 4 rings (SSSR count). The van der Waals surface area contributed by atoms with Crippen molar-refractivity contribution >= 4 is 16.7 Å². The van der Waals surface area contributed by atoms with Gasteiger partial charge >= 0.3 is 5.76 Å². The van der Waals surface area contributed by atoms with Crippen molar-refractivity contribution in [3.05, 3.63) is 53.3 Å². The topological polar surface area (TPSA) is 65.3 Å². The first-order valence-corrected chi connectivity index (χ1v) is 6.13. The van der Waals surface area contributed by atoms with Gasteiger partial charge < -0.3 is 4.42 Å². The fourth-order valence-corrected chi connectivity index (χ4v) is 2.26. The maximum atomic E-state index is 11.5. The van der Waals surface area contributed by atoms with Crippen LogP contribution in [-0.2, 0) is 7.05 Å². The van der Waals surface area contributed by atoms with E-state index in [4.69, 9.17) is 4.42 Å². The fraction of sp³-hybridized carbons (Fsp3) is 0.0714. The van der Waals surface area contributed by atoms with Gasteiger partial charge in [0.25, 0.3) is 0 Å². The van der Waals surface area contributed by atoms with Gasteiger partial charge in [-0.15, -0.1) is 0 Å². The molecule has 20 heavy (non-hydrogen) atoms. The van der Waals surface area contributed by atoms with Gasteiger partial charge in [-0.2, -0.15) is 5.10 Å². The van der Waals surface area contributed by atoms with Crippen molar-refractivity contribution in [3.8, 4) is 11.3 Å². The summed E-state index contributed by atoms with van der Waals surface area (Å²) in [7, 11) is 1.68. The lowest BCUT2D eigenvalue weighted by Crippen LogP contribution is -2.08. The molecule has 1 aromatic carbocycles. The summed E-state index contributed by atoms with van der Waals surface area (Å²) >= 11 is 0. The normalized spacial score (nSPS) is 11.4. The van der Waals surface area contributed by atoms with E-state index in [1.165, 1.54) is 4.57 Å². The van der Waals surface area contributed by atoms with Crippen molar-refractivity contribution in [1.82, 2.24) is 19.2 Å². The molecule has 0 saturated carbocycles. The summed E-state index contributed by atoms with van der Waals surface area (Å²) in [6, 6.07) is 9.37. The molecule has 4 aromatic rings. The Labute approximate surface area is 112 Å². The van der Waals surface area contributed by atoms with Crippen LogP contribution in [0.5, 0.6) is 0 Å². The highest BCUT2D eigenvalue weighted by Gasteiger charge is 2.08. The number of aromatic nitrogens is 4. The first-order chi connectivity index (χ1) is 9.72. The number of nitrogens with zero attached hydrogens (tertiary/aromatic N) is 4. The van der Waals surface area contributed by atoms with Crippen LogP contribution >= 0.6 is 0 Å². The minimum Gasteiger partial charge on any atom is -0.408 e. The van der Waals surface area contributed by atoms with E-state index >= 15 is 0 Å². The van der Waals surface area contributed by atoms with Crippen molar-refractivity contribution in [1.29, 1.82) is 0 Å². The Morgan fingerprint density at radius 2 is 2.10 bits per heavy atom. The lowest BCUT2D eigenvalue weighted by Gasteiger charge is -2.02. The molecule has 3 heterocycles. The van der Waals surface area contributed by atoms with Gasteiger partial charge in [0.05, 0.1) is 11.2 Å². The Kier molecular flexibility index (Phi) is 2.09. The van der Waals surface area contributed by atoms with Gasteiger partial charge in [-0.1, -0.05) is 0 Å². The molecule has 98 valence electrons. The Hall–Kier alpha value is -2.89. The van der Waals surface area contributed by atoms with Crippen LogP contribution < -0.4 is 5.76 Å². The molecule has 3 aromatic heterocycles. The smallest absolute Gasteiger partial charge is 0.408 e. The van der Waals surface area contributed by atoms with Crippen molar-refractivity contribution in [2.45, 2.75) is 0 Å². The van der Waals surface area contributed by atoms with E-state index < -0.39 is 0 Å². The van der Waals surface area contributed by atoms with Crippen molar-refractivity contribution in [2.75, 3.05) is 0 Å². The van der Waals surface area contributed by atoms with Crippen LogP contribution in [0.3, 0.4) is 0 Å². The molecule has 0 radical (unpaired) electrons. The summed E-state index contributed by atoms with van der Waals surface area (Å²) in [5.41, 5.74) is 3.85. The monoisotopic (exact) mass is 266 g/mol. The highest BCUT2D eigenvalue weighted by Crippen LogP contribution is 2.22. The maximum absolute atomic E-state index is 11.5. The Morgan fingerprint density at radius 1 is 1.20 bits per heavy atom. The molecular weight excluding hydrogens is 256 g/mol. The number of oxazole rings is 1.